The lowest BCUT2D eigenvalue weighted by Gasteiger charge is -2.15. The molecule has 162 valence electrons. The Morgan fingerprint density at radius 1 is 1.17 bits per heavy atom. The molecule has 0 aliphatic carbocycles. The highest BCUT2D eigenvalue weighted by Gasteiger charge is 2.31. The highest BCUT2D eigenvalue weighted by Crippen LogP contribution is 2.35. The third-order valence-electron chi connectivity index (χ3n) is 3.62. The van der Waals surface area contributed by atoms with E-state index in [0.29, 0.717) is 11.5 Å². The van der Waals surface area contributed by atoms with Crippen molar-refractivity contribution in [1.29, 1.82) is 0 Å². The first-order valence-electron chi connectivity index (χ1n) is 8.73. The van der Waals surface area contributed by atoms with Crippen LogP contribution in [0.25, 0.3) is 6.08 Å². The Bertz CT molecular complexity index is 904. The molecule has 0 atom stereocenters. The number of nitrogens with one attached hydrogen (secondary N) is 1. The lowest BCUT2D eigenvalue weighted by Crippen LogP contribution is -2.21. The fraction of sp³-hybridized carbons (Fsp3) is 0.300. The van der Waals surface area contributed by atoms with Crippen molar-refractivity contribution in [2.24, 2.45) is 0 Å². The van der Waals surface area contributed by atoms with Crippen LogP contribution in [0.4, 0.5) is 18.9 Å². The van der Waals surface area contributed by atoms with Gasteiger partial charge < -0.3 is 23.9 Å². The second kappa shape index (κ2) is 10.5. The molecular formula is C20H20F3NO6. The lowest BCUT2D eigenvalue weighted by molar-refractivity contribution is -0.142. The van der Waals surface area contributed by atoms with E-state index in [1.165, 1.54) is 13.2 Å². The van der Waals surface area contributed by atoms with Gasteiger partial charge in [-0.05, 0) is 43.3 Å². The van der Waals surface area contributed by atoms with Gasteiger partial charge in [-0.2, -0.15) is 13.2 Å². The summed E-state index contributed by atoms with van der Waals surface area (Å²) in [5.41, 5.74) is -1.17. The van der Waals surface area contributed by atoms with Crippen molar-refractivity contribution in [2.45, 2.75) is 13.1 Å². The number of benzene rings is 1. The molecule has 0 aliphatic rings. The number of carbonyl (C=O) groups is 2. The quantitative estimate of drug-likeness (QED) is 0.372. The summed E-state index contributed by atoms with van der Waals surface area (Å²) in [7, 11) is 1.44. The molecule has 0 unspecified atom stereocenters. The van der Waals surface area contributed by atoms with Crippen LogP contribution in [0.2, 0.25) is 0 Å². The number of esters is 1. The van der Waals surface area contributed by atoms with Crippen molar-refractivity contribution in [3.63, 3.8) is 0 Å². The highest BCUT2D eigenvalue weighted by molar-refractivity contribution is 5.95. The van der Waals surface area contributed by atoms with Gasteiger partial charge in [-0.3, -0.25) is 4.79 Å². The summed E-state index contributed by atoms with van der Waals surface area (Å²) in [5, 5.41) is 2.26. The normalized spacial score (nSPS) is 11.5. The van der Waals surface area contributed by atoms with Crippen LogP contribution in [0, 0.1) is 6.92 Å². The maximum absolute atomic E-state index is 13.0. The monoisotopic (exact) mass is 427 g/mol. The van der Waals surface area contributed by atoms with Gasteiger partial charge in [0.15, 0.2) is 6.61 Å². The average molecular weight is 427 g/mol. The van der Waals surface area contributed by atoms with E-state index >= 15 is 0 Å². The Labute approximate surface area is 170 Å². The van der Waals surface area contributed by atoms with Crippen molar-refractivity contribution in [3.05, 3.63) is 53.5 Å². The first-order chi connectivity index (χ1) is 14.2. The van der Waals surface area contributed by atoms with Crippen molar-refractivity contribution >= 4 is 23.6 Å². The minimum Gasteiger partial charge on any atom is -0.489 e. The molecule has 30 heavy (non-hydrogen) atoms. The molecule has 1 aromatic heterocycles. The summed E-state index contributed by atoms with van der Waals surface area (Å²) >= 11 is 0. The number of anilines is 1. The number of rotatable bonds is 9. The van der Waals surface area contributed by atoms with Gasteiger partial charge in [0.25, 0.3) is 5.91 Å². The predicted molar refractivity (Wildman–Crippen MR) is 101 cm³/mol. The van der Waals surface area contributed by atoms with E-state index in [0.717, 1.165) is 24.3 Å². The molecule has 1 amide bonds. The number of hydrogen-bond donors (Lipinski definition) is 1. The number of furan rings is 1. The number of ether oxygens (including phenoxy) is 3. The number of amides is 1. The highest BCUT2D eigenvalue weighted by atomic mass is 19.4. The van der Waals surface area contributed by atoms with Gasteiger partial charge in [0, 0.05) is 13.2 Å². The van der Waals surface area contributed by atoms with Crippen LogP contribution in [0.1, 0.15) is 17.1 Å². The largest absolute Gasteiger partial charge is 0.489 e. The van der Waals surface area contributed by atoms with E-state index in [9.17, 15) is 22.8 Å². The van der Waals surface area contributed by atoms with Gasteiger partial charge in [-0.15, -0.1) is 0 Å². The van der Waals surface area contributed by atoms with Crippen molar-refractivity contribution in [1.82, 2.24) is 0 Å². The molecule has 0 bridgehead atoms. The summed E-state index contributed by atoms with van der Waals surface area (Å²) in [4.78, 5) is 23.7. The molecule has 2 aromatic rings. The summed E-state index contributed by atoms with van der Waals surface area (Å²) in [6, 6.07) is 6.01. The van der Waals surface area contributed by atoms with Crippen LogP contribution in [-0.4, -0.2) is 38.8 Å². The molecule has 0 saturated heterocycles. The van der Waals surface area contributed by atoms with E-state index in [4.69, 9.17) is 18.6 Å². The van der Waals surface area contributed by atoms with Gasteiger partial charge in [0.05, 0.1) is 17.9 Å². The molecule has 7 nitrogen and oxygen atoms in total. The van der Waals surface area contributed by atoms with E-state index < -0.39 is 30.2 Å². The number of methoxy groups -OCH3 is 1. The molecule has 1 N–H and O–H groups in total. The second-order valence-corrected chi connectivity index (χ2v) is 5.99. The molecule has 1 aromatic carbocycles. The van der Waals surface area contributed by atoms with Crippen molar-refractivity contribution in [2.75, 3.05) is 32.2 Å². The van der Waals surface area contributed by atoms with Crippen LogP contribution in [0.15, 0.2) is 40.8 Å². The van der Waals surface area contributed by atoms with E-state index in [-0.39, 0.29) is 24.7 Å². The SMILES string of the molecule is COCCOc1ccc(C(F)(F)F)cc1NC(=O)COC(=O)C=Cc1ccc(C)o1. The standard InChI is InChI=1S/C20H20F3NO6/c1-13-3-5-15(30-13)6-8-19(26)29-12-18(25)24-16-11-14(20(21,22)23)4-7-17(16)28-10-9-27-2/h3-8,11H,9-10,12H2,1-2H3,(H,24,25). The van der Waals surface area contributed by atoms with Crippen LogP contribution in [0.5, 0.6) is 5.75 Å². The molecule has 1 heterocycles. The van der Waals surface area contributed by atoms with Crippen molar-refractivity contribution in [3.8, 4) is 5.75 Å². The topological polar surface area (TPSA) is 87.0 Å². The molecular weight excluding hydrogens is 407 g/mol. The van der Waals surface area contributed by atoms with E-state index in [2.05, 4.69) is 5.32 Å². The average Bonchev–Trinajstić information content (AvgIpc) is 3.10. The maximum Gasteiger partial charge on any atom is 0.416 e. The fourth-order valence-electron chi connectivity index (χ4n) is 2.23. The minimum absolute atomic E-state index is 0.0211. The minimum atomic E-state index is -4.61. The first-order valence-corrected chi connectivity index (χ1v) is 8.73. The molecule has 10 heteroatoms. The summed E-state index contributed by atoms with van der Waals surface area (Å²) in [5.74, 6) is -0.545. The number of alkyl halides is 3. The Morgan fingerprint density at radius 2 is 1.93 bits per heavy atom. The Morgan fingerprint density at radius 3 is 2.57 bits per heavy atom. The van der Waals surface area contributed by atoms with Gasteiger partial charge >= 0.3 is 12.1 Å². The van der Waals surface area contributed by atoms with Crippen LogP contribution < -0.4 is 10.1 Å². The van der Waals surface area contributed by atoms with Gasteiger partial charge in [-0.1, -0.05) is 0 Å². The summed E-state index contributed by atoms with van der Waals surface area (Å²) in [6.07, 6.45) is -2.18. The number of hydrogen-bond acceptors (Lipinski definition) is 6. The molecule has 0 aliphatic heterocycles. The van der Waals surface area contributed by atoms with E-state index in [1.54, 1.807) is 19.1 Å². The zero-order chi connectivity index (χ0) is 22.1. The Balaban J connectivity index is 1.99. The molecule has 0 spiro atoms. The van der Waals surface area contributed by atoms with Crippen LogP contribution in [-0.2, 0) is 25.2 Å². The summed E-state index contributed by atoms with van der Waals surface area (Å²) < 4.78 is 59.1. The molecule has 2 rings (SSSR count). The van der Waals surface area contributed by atoms with Crippen molar-refractivity contribution < 1.29 is 41.4 Å². The smallest absolute Gasteiger partial charge is 0.416 e. The Hall–Kier alpha value is -3.27. The Kier molecular flexibility index (Phi) is 8.05. The first kappa shape index (κ1) is 23.0. The summed E-state index contributed by atoms with van der Waals surface area (Å²) in [6.45, 7) is 1.31. The maximum atomic E-state index is 13.0. The third-order valence-corrected chi connectivity index (χ3v) is 3.62. The second-order valence-electron chi connectivity index (χ2n) is 5.99. The predicted octanol–water partition coefficient (Wildman–Crippen LogP) is 3.83. The van der Waals surface area contributed by atoms with Gasteiger partial charge in [0.2, 0.25) is 0 Å². The van der Waals surface area contributed by atoms with Gasteiger partial charge in [-0.25, -0.2) is 4.79 Å². The van der Waals surface area contributed by atoms with Crippen LogP contribution >= 0.6 is 0 Å². The number of aryl methyl sites for hydroxylation is 1. The third kappa shape index (κ3) is 7.28. The number of halogens is 3. The van der Waals surface area contributed by atoms with Crippen LogP contribution in [0.3, 0.4) is 0 Å². The molecule has 0 saturated carbocycles. The molecule has 0 radical (unpaired) electrons. The molecule has 0 fully saturated rings. The zero-order valence-corrected chi connectivity index (χ0v) is 16.2. The number of carbonyl (C=O) groups excluding carboxylic acids is 2. The lowest BCUT2D eigenvalue weighted by atomic mass is 10.1. The zero-order valence-electron chi connectivity index (χ0n) is 16.2. The fourth-order valence-corrected chi connectivity index (χ4v) is 2.23. The van der Waals surface area contributed by atoms with Gasteiger partial charge in [0.1, 0.15) is 23.9 Å². The van der Waals surface area contributed by atoms with E-state index in [1.807, 2.05) is 0 Å².